The van der Waals surface area contributed by atoms with E-state index in [1.165, 1.54) is 29.6 Å². The molecule has 3 rings (SSSR count). The second-order valence-electron chi connectivity index (χ2n) is 6.76. The normalized spacial score (nSPS) is 11.4. The Morgan fingerprint density at radius 1 is 1.00 bits per heavy atom. The van der Waals surface area contributed by atoms with Crippen LogP contribution in [0.3, 0.4) is 0 Å². The van der Waals surface area contributed by atoms with Gasteiger partial charge in [-0.25, -0.2) is 13.2 Å². The van der Waals surface area contributed by atoms with Gasteiger partial charge in [0.25, 0.3) is 5.89 Å². The molecule has 0 unspecified atom stereocenters. The average Bonchev–Trinajstić information content (AvgIpc) is 3.31. The van der Waals surface area contributed by atoms with Crippen molar-refractivity contribution in [3.05, 3.63) is 53.9 Å². The molecule has 0 radical (unpaired) electrons. The molecule has 1 heterocycles. The fraction of sp³-hybridized carbons (Fsp3) is 0.318. The second-order valence-corrected chi connectivity index (χ2v) is 8.67. The lowest BCUT2D eigenvalue weighted by Crippen LogP contribution is -2.31. The molecule has 0 aliphatic heterocycles. The van der Waals surface area contributed by atoms with Gasteiger partial charge in [-0.15, -0.1) is 10.2 Å². The fourth-order valence-electron chi connectivity index (χ4n) is 3.08. The summed E-state index contributed by atoms with van der Waals surface area (Å²) < 4.78 is 48.3. The molecule has 1 aromatic heterocycles. The minimum absolute atomic E-state index is 0.0522. The average molecular weight is 476 g/mol. The van der Waals surface area contributed by atoms with E-state index in [9.17, 15) is 13.2 Å². The van der Waals surface area contributed by atoms with Gasteiger partial charge in [0.2, 0.25) is 15.9 Å². The number of esters is 1. The molecule has 0 saturated carbocycles. The molecule has 11 heteroatoms. The first-order valence-corrected chi connectivity index (χ1v) is 11.6. The van der Waals surface area contributed by atoms with Gasteiger partial charge in [-0.3, -0.25) is 0 Å². The van der Waals surface area contributed by atoms with Crippen molar-refractivity contribution in [2.45, 2.75) is 25.3 Å². The maximum absolute atomic E-state index is 13.0. The van der Waals surface area contributed by atoms with Crippen molar-refractivity contribution in [1.82, 2.24) is 14.5 Å². The minimum Gasteiger partial charge on any atom is -0.497 e. The summed E-state index contributed by atoms with van der Waals surface area (Å²) >= 11 is 0. The Hall–Kier alpha value is -3.44. The smallest absolute Gasteiger partial charge is 0.338 e. The number of methoxy groups -OCH3 is 2. The van der Waals surface area contributed by atoms with Crippen LogP contribution in [0.4, 0.5) is 0 Å². The van der Waals surface area contributed by atoms with E-state index in [-0.39, 0.29) is 47.7 Å². The van der Waals surface area contributed by atoms with Gasteiger partial charge in [0.15, 0.2) is 6.61 Å². The number of hydrogen-bond donors (Lipinski definition) is 0. The van der Waals surface area contributed by atoms with Gasteiger partial charge in [-0.05, 0) is 42.5 Å². The summed E-state index contributed by atoms with van der Waals surface area (Å²) in [7, 11) is -0.915. The summed E-state index contributed by atoms with van der Waals surface area (Å²) in [6, 6.07) is 11.1. The minimum atomic E-state index is -3.85. The molecule has 176 valence electrons. The fourth-order valence-corrected chi connectivity index (χ4v) is 4.72. The zero-order chi connectivity index (χ0) is 24.0. The van der Waals surface area contributed by atoms with Gasteiger partial charge in [0.1, 0.15) is 16.4 Å². The first kappa shape index (κ1) is 24.2. The van der Waals surface area contributed by atoms with E-state index in [2.05, 4.69) is 10.2 Å². The van der Waals surface area contributed by atoms with Crippen LogP contribution in [-0.4, -0.2) is 56.2 Å². The Bertz CT molecular complexity index is 1200. The van der Waals surface area contributed by atoms with Crippen LogP contribution in [0, 0.1) is 0 Å². The lowest BCUT2D eigenvalue weighted by atomic mass is 10.2. The first-order chi connectivity index (χ1) is 15.8. The molecule has 3 aromatic rings. The summed E-state index contributed by atoms with van der Waals surface area (Å²) in [5.74, 6) is 0.450. The number of benzene rings is 2. The summed E-state index contributed by atoms with van der Waals surface area (Å²) in [6.07, 6.45) is 0. The molecule has 0 aliphatic rings. The van der Waals surface area contributed by atoms with E-state index >= 15 is 0 Å². The molecule has 0 aliphatic carbocycles. The molecule has 0 bridgehead atoms. The summed E-state index contributed by atoms with van der Waals surface area (Å²) in [4.78, 5) is 12.5. The molecule has 10 nitrogen and oxygen atoms in total. The topological polar surface area (TPSA) is 121 Å². The highest BCUT2D eigenvalue weighted by Gasteiger charge is 2.27. The summed E-state index contributed by atoms with van der Waals surface area (Å²) in [6.45, 7) is 3.76. The van der Waals surface area contributed by atoms with Gasteiger partial charge < -0.3 is 18.6 Å². The van der Waals surface area contributed by atoms with Crippen molar-refractivity contribution >= 4 is 16.0 Å². The highest BCUT2D eigenvalue weighted by molar-refractivity contribution is 7.89. The van der Waals surface area contributed by atoms with E-state index in [0.717, 1.165) is 0 Å². The second kappa shape index (κ2) is 10.5. The third-order valence-electron chi connectivity index (χ3n) is 4.85. The molecule has 0 atom stereocenters. The Morgan fingerprint density at radius 3 is 2.30 bits per heavy atom. The van der Waals surface area contributed by atoms with Crippen LogP contribution in [-0.2, 0) is 21.4 Å². The molecule has 0 N–H and O–H groups in total. The van der Waals surface area contributed by atoms with Crippen molar-refractivity contribution in [1.29, 1.82) is 0 Å². The highest BCUT2D eigenvalue weighted by Crippen LogP contribution is 2.28. The zero-order valence-corrected chi connectivity index (χ0v) is 19.6. The number of sulfonamides is 1. The number of hydrogen-bond acceptors (Lipinski definition) is 9. The monoisotopic (exact) mass is 475 g/mol. The number of rotatable bonds is 10. The Labute approximate surface area is 192 Å². The van der Waals surface area contributed by atoms with E-state index in [1.807, 2.05) is 0 Å². The van der Waals surface area contributed by atoms with Crippen molar-refractivity contribution in [2.24, 2.45) is 0 Å². The number of aromatic nitrogens is 2. The first-order valence-electron chi connectivity index (χ1n) is 10.2. The molecule has 0 amide bonds. The zero-order valence-electron chi connectivity index (χ0n) is 18.8. The number of carbonyl (C=O) groups excluding carboxylic acids is 1. The van der Waals surface area contributed by atoms with Crippen LogP contribution in [0.1, 0.15) is 30.1 Å². The molecule has 33 heavy (non-hydrogen) atoms. The maximum atomic E-state index is 13.0. The van der Waals surface area contributed by atoms with E-state index in [1.54, 1.807) is 45.2 Å². The quantitative estimate of drug-likeness (QED) is 0.407. The van der Waals surface area contributed by atoms with E-state index in [4.69, 9.17) is 18.6 Å². The van der Waals surface area contributed by atoms with Crippen LogP contribution in [0.15, 0.2) is 51.8 Å². The molecular weight excluding hydrogens is 450 g/mol. The standard InChI is InChI=1S/C22H25N3O7S/c1-5-25(6-2)33(27,28)19-13-16(9-12-18(19)30-4)22(26)31-14-20-23-24-21(32-20)15-7-10-17(29-3)11-8-15/h7-13H,5-6,14H2,1-4H3. The summed E-state index contributed by atoms with van der Waals surface area (Å²) in [5.41, 5.74) is 0.735. The van der Waals surface area contributed by atoms with Crippen molar-refractivity contribution in [3.8, 4) is 23.0 Å². The Kier molecular flexibility index (Phi) is 7.67. The molecule has 2 aromatic carbocycles. The predicted octanol–water partition coefficient (Wildman–Crippen LogP) is 3.14. The van der Waals surface area contributed by atoms with Gasteiger partial charge in [0, 0.05) is 18.7 Å². The van der Waals surface area contributed by atoms with Gasteiger partial charge >= 0.3 is 5.97 Å². The van der Waals surface area contributed by atoms with Crippen LogP contribution < -0.4 is 9.47 Å². The van der Waals surface area contributed by atoms with E-state index < -0.39 is 16.0 Å². The SMILES string of the molecule is CCN(CC)S(=O)(=O)c1cc(C(=O)OCc2nnc(-c3ccc(OC)cc3)o2)ccc1OC. The predicted molar refractivity (Wildman–Crippen MR) is 119 cm³/mol. The lowest BCUT2D eigenvalue weighted by molar-refractivity contribution is 0.0438. The molecule has 0 fully saturated rings. The number of carbonyl (C=O) groups is 1. The lowest BCUT2D eigenvalue weighted by Gasteiger charge is -2.20. The Morgan fingerprint density at radius 2 is 1.70 bits per heavy atom. The van der Waals surface area contributed by atoms with Crippen molar-refractivity contribution in [2.75, 3.05) is 27.3 Å². The molecule has 0 spiro atoms. The van der Waals surface area contributed by atoms with Crippen molar-refractivity contribution < 1.29 is 31.8 Å². The maximum Gasteiger partial charge on any atom is 0.338 e. The highest BCUT2D eigenvalue weighted by atomic mass is 32.2. The van der Waals surface area contributed by atoms with Gasteiger partial charge in [-0.2, -0.15) is 4.31 Å². The van der Waals surface area contributed by atoms with Crippen LogP contribution in [0.5, 0.6) is 11.5 Å². The number of nitrogens with zero attached hydrogens (tertiary/aromatic N) is 3. The molecular formula is C22H25N3O7S. The number of ether oxygens (including phenoxy) is 3. The van der Waals surface area contributed by atoms with Gasteiger partial charge in [-0.1, -0.05) is 13.8 Å². The third kappa shape index (κ3) is 5.32. The largest absolute Gasteiger partial charge is 0.497 e. The van der Waals surface area contributed by atoms with E-state index in [0.29, 0.717) is 11.3 Å². The van der Waals surface area contributed by atoms with Crippen LogP contribution in [0.25, 0.3) is 11.5 Å². The third-order valence-corrected chi connectivity index (χ3v) is 6.92. The summed E-state index contributed by atoms with van der Waals surface area (Å²) in [5, 5.41) is 7.83. The van der Waals surface area contributed by atoms with Gasteiger partial charge in [0.05, 0.1) is 19.8 Å². The molecule has 0 saturated heterocycles. The van der Waals surface area contributed by atoms with Crippen LogP contribution in [0.2, 0.25) is 0 Å². The Balaban J connectivity index is 1.75. The van der Waals surface area contributed by atoms with Crippen molar-refractivity contribution in [3.63, 3.8) is 0 Å². The van der Waals surface area contributed by atoms with Crippen LogP contribution >= 0.6 is 0 Å².